The molecule has 1 nitrogen and oxygen atoms in total. The van der Waals surface area contributed by atoms with E-state index in [2.05, 4.69) is 42.5 Å². The number of ether oxygens (including phenoxy) is 1. The monoisotopic (exact) mass is 250 g/mol. The maximum Gasteiger partial charge on any atom is 0.118 e. The van der Waals surface area contributed by atoms with Crippen molar-refractivity contribution in [3.63, 3.8) is 0 Å². The summed E-state index contributed by atoms with van der Waals surface area (Å²) in [4.78, 5) is 0. The Labute approximate surface area is 114 Å². The zero-order valence-electron chi connectivity index (χ0n) is 11.2. The first kappa shape index (κ1) is 12.0. The number of benzene rings is 2. The van der Waals surface area contributed by atoms with E-state index < -0.39 is 0 Å². The predicted molar refractivity (Wildman–Crippen MR) is 79.6 cm³/mol. The fourth-order valence-corrected chi connectivity index (χ4v) is 2.65. The summed E-state index contributed by atoms with van der Waals surface area (Å²) < 4.78 is 5.18. The lowest BCUT2D eigenvalue weighted by atomic mass is 9.97. The molecule has 0 bridgehead atoms. The summed E-state index contributed by atoms with van der Waals surface area (Å²) in [6, 6.07) is 15.0. The summed E-state index contributed by atoms with van der Waals surface area (Å²) in [6.07, 6.45) is 7.78. The molecule has 2 aromatic carbocycles. The summed E-state index contributed by atoms with van der Waals surface area (Å²) in [5, 5.41) is 0. The quantitative estimate of drug-likeness (QED) is 0.795. The number of aryl methyl sites for hydroxylation is 2. The van der Waals surface area contributed by atoms with Crippen molar-refractivity contribution in [2.45, 2.75) is 19.3 Å². The van der Waals surface area contributed by atoms with Gasteiger partial charge < -0.3 is 4.74 Å². The van der Waals surface area contributed by atoms with Gasteiger partial charge in [0.1, 0.15) is 5.75 Å². The number of hydrogen-bond acceptors (Lipinski definition) is 1. The second-order valence-electron chi connectivity index (χ2n) is 4.94. The van der Waals surface area contributed by atoms with Crippen LogP contribution in [-0.2, 0) is 19.3 Å². The van der Waals surface area contributed by atoms with Crippen LogP contribution in [0.25, 0.3) is 6.08 Å². The first-order chi connectivity index (χ1) is 9.36. The molecule has 0 fully saturated rings. The van der Waals surface area contributed by atoms with Crippen LogP contribution in [0.15, 0.2) is 48.5 Å². The lowest BCUT2D eigenvalue weighted by molar-refractivity contribution is 0.414. The Morgan fingerprint density at radius 2 is 1.84 bits per heavy atom. The van der Waals surface area contributed by atoms with Gasteiger partial charge in [-0.15, -0.1) is 0 Å². The predicted octanol–water partition coefficient (Wildman–Crippen LogP) is 4.05. The van der Waals surface area contributed by atoms with Crippen LogP contribution in [0.2, 0.25) is 0 Å². The topological polar surface area (TPSA) is 9.23 Å². The summed E-state index contributed by atoms with van der Waals surface area (Å²) in [5.41, 5.74) is 5.73. The number of methoxy groups -OCH3 is 1. The molecule has 96 valence electrons. The van der Waals surface area contributed by atoms with E-state index >= 15 is 0 Å². The van der Waals surface area contributed by atoms with Crippen LogP contribution >= 0.6 is 0 Å². The SMILES string of the molecule is COc1ccc(CCc2cccc3c2C=CC3)cc1. The molecule has 0 heterocycles. The average molecular weight is 250 g/mol. The first-order valence-corrected chi connectivity index (χ1v) is 6.77. The van der Waals surface area contributed by atoms with Crippen LogP contribution < -0.4 is 4.74 Å². The summed E-state index contributed by atoms with van der Waals surface area (Å²) in [5.74, 6) is 0.923. The van der Waals surface area contributed by atoms with Gasteiger partial charge in [-0.3, -0.25) is 0 Å². The van der Waals surface area contributed by atoms with E-state index in [1.165, 1.54) is 22.3 Å². The minimum Gasteiger partial charge on any atom is -0.497 e. The van der Waals surface area contributed by atoms with Gasteiger partial charge in [0.15, 0.2) is 0 Å². The van der Waals surface area contributed by atoms with Crippen LogP contribution in [0, 0.1) is 0 Å². The van der Waals surface area contributed by atoms with Crippen molar-refractivity contribution in [3.8, 4) is 5.75 Å². The highest BCUT2D eigenvalue weighted by Gasteiger charge is 2.09. The molecule has 0 aromatic heterocycles. The molecule has 1 heteroatoms. The summed E-state index contributed by atoms with van der Waals surface area (Å²) >= 11 is 0. The van der Waals surface area contributed by atoms with Gasteiger partial charge in [-0.05, 0) is 53.6 Å². The van der Waals surface area contributed by atoms with E-state index in [0.29, 0.717) is 0 Å². The van der Waals surface area contributed by atoms with Gasteiger partial charge in [-0.2, -0.15) is 0 Å². The third kappa shape index (κ3) is 2.55. The molecule has 0 radical (unpaired) electrons. The standard InChI is InChI=1S/C18H18O/c1-19-17-12-9-14(10-13-17)8-11-16-5-2-4-15-6-3-7-18(15)16/h2-5,7,9-10,12-13H,6,8,11H2,1H3. The van der Waals surface area contributed by atoms with E-state index in [0.717, 1.165) is 25.0 Å². The van der Waals surface area contributed by atoms with E-state index in [9.17, 15) is 0 Å². The second-order valence-corrected chi connectivity index (χ2v) is 4.94. The van der Waals surface area contributed by atoms with Crippen molar-refractivity contribution in [1.29, 1.82) is 0 Å². The van der Waals surface area contributed by atoms with Gasteiger partial charge in [-0.25, -0.2) is 0 Å². The van der Waals surface area contributed by atoms with E-state index in [1.54, 1.807) is 7.11 Å². The molecule has 0 saturated carbocycles. The summed E-state index contributed by atoms with van der Waals surface area (Å²) in [6.45, 7) is 0. The molecular weight excluding hydrogens is 232 g/mol. The minimum absolute atomic E-state index is 0.923. The molecule has 0 unspecified atom stereocenters. The number of hydrogen-bond donors (Lipinski definition) is 0. The smallest absolute Gasteiger partial charge is 0.118 e. The highest BCUT2D eigenvalue weighted by Crippen LogP contribution is 2.24. The molecule has 0 N–H and O–H groups in total. The fraction of sp³-hybridized carbons (Fsp3) is 0.222. The maximum absolute atomic E-state index is 5.18. The molecule has 3 rings (SSSR count). The van der Waals surface area contributed by atoms with Gasteiger partial charge in [0.25, 0.3) is 0 Å². The molecule has 2 aromatic rings. The molecule has 0 aliphatic heterocycles. The van der Waals surface area contributed by atoms with Crippen LogP contribution in [0.5, 0.6) is 5.75 Å². The molecule has 0 spiro atoms. The Hall–Kier alpha value is -2.02. The molecule has 0 saturated heterocycles. The van der Waals surface area contributed by atoms with Crippen molar-refractivity contribution >= 4 is 6.08 Å². The minimum atomic E-state index is 0.923. The Bertz CT molecular complexity index is 594. The van der Waals surface area contributed by atoms with Crippen molar-refractivity contribution in [2.75, 3.05) is 7.11 Å². The summed E-state index contributed by atoms with van der Waals surface area (Å²) in [7, 11) is 1.70. The highest BCUT2D eigenvalue weighted by atomic mass is 16.5. The molecular formula is C18H18O. The lowest BCUT2D eigenvalue weighted by Crippen LogP contribution is -1.95. The number of fused-ring (bicyclic) bond motifs is 1. The largest absolute Gasteiger partial charge is 0.497 e. The van der Waals surface area contributed by atoms with Gasteiger partial charge >= 0.3 is 0 Å². The van der Waals surface area contributed by atoms with E-state index in [-0.39, 0.29) is 0 Å². The van der Waals surface area contributed by atoms with Crippen molar-refractivity contribution in [3.05, 3.63) is 70.8 Å². The normalized spacial score (nSPS) is 12.5. The highest BCUT2D eigenvalue weighted by molar-refractivity contribution is 5.63. The molecule has 0 amide bonds. The second kappa shape index (κ2) is 5.31. The third-order valence-electron chi connectivity index (χ3n) is 3.75. The van der Waals surface area contributed by atoms with Crippen LogP contribution in [0.3, 0.4) is 0 Å². The van der Waals surface area contributed by atoms with Crippen LogP contribution in [-0.4, -0.2) is 7.11 Å². The van der Waals surface area contributed by atoms with Crippen molar-refractivity contribution in [1.82, 2.24) is 0 Å². The molecule has 1 aliphatic rings. The van der Waals surface area contributed by atoms with Crippen LogP contribution in [0.4, 0.5) is 0 Å². The zero-order valence-corrected chi connectivity index (χ0v) is 11.2. The Kier molecular flexibility index (Phi) is 3.37. The van der Waals surface area contributed by atoms with E-state index in [1.807, 2.05) is 12.1 Å². The molecule has 19 heavy (non-hydrogen) atoms. The first-order valence-electron chi connectivity index (χ1n) is 6.77. The Morgan fingerprint density at radius 1 is 1.00 bits per heavy atom. The zero-order chi connectivity index (χ0) is 13.1. The maximum atomic E-state index is 5.18. The van der Waals surface area contributed by atoms with Crippen molar-refractivity contribution in [2.24, 2.45) is 0 Å². The Balaban J connectivity index is 1.72. The van der Waals surface area contributed by atoms with Gasteiger partial charge in [-0.1, -0.05) is 42.5 Å². The number of allylic oxidation sites excluding steroid dienone is 1. The van der Waals surface area contributed by atoms with Gasteiger partial charge in [0, 0.05) is 0 Å². The van der Waals surface area contributed by atoms with Gasteiger partial charge in [0.05, 0.1) is 7.11 Å². The van der Waals surface area contributed by atoms with E-state index in [4.69, 9.17) is 4.74 Å². The average Bonchev–Trinajstić information content (AvgIpc) is 2.94. The number of rotatable bonds is 4. The lowest BCUT2D eigenvalue weighted by Gasteiger charge is -2.08. The molecule has 0 atom stereocenters. The molecule has 1 aliphatic carbocycles. The van der Waals surface area contributed by atoms with Crippen molar-refractivity contribution < 1.29 is 4.74 Å². The third-order valence-corrected chi connectivity index (χ3v) is 3.75. The van der Waals surface area contributed by atoms with Gasteiger partial charge in [0.2, 0.25) is 0 Å². The fourth-order valence-electron chi connectivity index (χ4n) is 2.65. The Morgan fingerprint density at radius 3 is 2.63 bits per heavy atom. The van der Waals surface area contributed by atoms with Crippen LogP contribution in [0.1, 0.15) is 22.3 Å².